The minimum atomic E-state index is -0.626. The van der Waals surface area contributed by atoms with Crippen molar-refractivity contribution in [3.05, 3.63) is 33.4 Å². The topological polar surface area (TPSA) is 105 Å². The van der Waals surface area contributed by atoms with Crippen LogP contribution in [0.4, 0.5) is 16.2 Å². The maximum atomic E-state index is 11.3. The van der Waals surface area contributed by atoms with Crippen LogP contribution in [0.1, 0.15) is 18.1 Å². The molecule has 0 spiro atoms. The van der Waals surface area contributed by atoms with Crippen molar-refractivity contribution < 1.29 is 14.5 Å². The molecule has 0 fully saturated rings. The van der Waals surface area contributed by atoms with Gasteiger partial charge in [0.25, 0.3) is 5.69 Å². The summed E-state index contributed by atoms with van der Waals surface area (Å²) in [7, 11) is 0. The number of cyclic esters (lactones) is 1. The van der Waals surface area contributed by atoms with Gasteiger partial charge in [-0.2, -0.15) is 5.26 Å². The van der Waals surface area contributed by atoms with Gasteiger partial charge in [0.1, 0.15) is 17.7 Å². The number of benzene rings is 1. The maximum Gasteiger partial charge on any atom is 0.411 e. The van der Waals surface area contributed by atoms with Crippen LogP contribution in [-0.2, 0) is 11.2 Å². The van der Waals surface area contributed by atoms with Crippen molar-refractivity contribution in [2.24, 2.45) is 0 Å². The number of rotatable bonds is 1. The van der Waals surface area contributed by atoms with Crippen molar-refractivity contribution in [1.29, 1.82) is 5.26 Å². The first kappa shape index (κ1) is 11.9. The molecule has 1 N–H and O–H groups in total. The Morgan fingerprint density at radius 1 is 1.61 bits per heavy atom. The Morgan fingerprint density at radius 2 is 2.33 bits per heavy atom. The van der Waals surface area contributed by atoms with Gasteiger partial charge in [-0.1, -0.05) is 0 Å². The predicted octanol–water partition coefficient (Wildman–Crippen LogP) is 1.96. The van der Waals surface area contributed by atoms with E-state index in [1.54, 1.807) is 13.0 Å². The summed E-state index contributed by atoms with van der Waals surface area (Å²) in [5.74, 6) is 0. The molecule has 0 bridgehead atoms. The normalized spacial score (nSPS) is 17.8. The molecule has 2 rings (SSSR count). The third kappa shape index (κ3) is 2.08. The Balaban J connectivity index is 2.57. The van der Waals surface area contributed by atoms with Gasteiger partial charge < -0.3 is 4.74 Å². The highest BCUT2D eigenvalue weighted by molar-refractivity contribution is 5.87. The molecule has 92 valence electrons. The lowest BCUT2D eigenvalue weighted by Gasteiger charge is -2.07. The second kappa shape index (κ2) is 4.33. The zero-order valence-electron chi connectivity index (χ0n) is 9.47. The van der Waals surface area contributed by atoms with E-state index in [9.17, 15) is 14.9 Å². The number of carbonyl (C=O) groups is 1. The maximum absolute atomic E-state index is 11.3. The van der Waals surface area contributed by atoms with Crippen LogP contribution < -0.4 is 5.32 Å². The van der Waals surface area contributed by atoms with E-state index in [2.05, 4.69) is 5.32 Å². The average molecular weight is 247 g/mol. The minimum Gasteiger partial charge on any atom is -0.446 e. The Hall–Kier alpha value is -2.62. The number of nitro groups is 1. The highest BCUT2D eigenvalue weighted by atomic mass is 16.6. The fourth-order valence-corrected chi connectivity index (χ4v) is 1.83. The van der Waals surface area contributed by atoms with Crippen LogP contribution in [0.25, 0.3) is 0 Å². The van der Waals surface area contributed by atoms with Crippen molar-refractivity contribution in [1.82, 2.24) is 0 Å². The third-order valence-corrected chi connectivity index (χ3v) is 2.59. The van der Waals surface area contributed by atoms with Crippen LogP contribution in [0.3, 0.4) is 0 Å². The minimum absolute atomic E-state index is 0.0893. The van der Waals surface area contributed by atoms with Crippen LogP contribution >= 0.6 is 0 Å². The van der Waals surface area contributed by atoms with Gasteiger partial charge in [-0.3, -0.25) is 15.4 Å². The molecule has 0 radical (unpaired) electrons. The van der Waals surface area contributed by atoms with Crippen LogP contribution in [0.2, 0.25) is 0 Å². The molecule has 0 saturated heterocycles. The average Bonchev–Trinajstić information content (AvgIpc) is 2.43. The fourth-order valence-electron chi connectivity index (χ4n) is 1.83. The standard InChI is InChI=1S/C11H9N3O4/c1-6-2-7-4-10(14(16)17)8(5-12)3-9(7)13-11(15)18-6/h3-4,6H,2H2,1H3,(H,13,15). The molecule has 1 unspecified atom stereocenters. The number of amides is 1. The second-order valence-corrected chi connectivity index (χ2v) is 3.94. The predicted molar refractivity (Wildman–Crippen MR) is 61.1 cm³/mol. The lowest BCUT2D eigenvalue weighted by atomic mass is 10.0. The molecule has 1 heterocycles. The number of hydrogen-bond acceptors (Lipinski definition) is 5. The van der Waals surface area contributed by atoms with E-state index in [1.807, 2.05) is 0 Å². The van der Waals surface area contributed by atoms with E-state index in [0.717, 1.165) is 0 Å². The quantitative estimate of drug-likeness (QED) is 0.603. The number of nitrogens with one attached hydrogen (secondary N) is 1. The molecule has 7 heteroatoms. The van der Waals surface area contributed by atoms with Gasteiger partial charge in [-0.25, -0.2) is 4.79 Å². The molecular formula is C11H9N3O4. The highest BCUT2D eigenvalue weighted by Crippen LogP contribution is 2.29. The smallest absolute Gasteiger partial charge is 0.411 e. The zero-order chi connectivity index (χ0) is 13.3. The summed E-state index contributed by atoms with van der Waals surface area (Å²) in [6.45, 7) is 1.69. The summed E-state index contributed by atoms with van der Waals surface area (Å²) < 4.78 is 4.96. The van der Waals surface area contributed by atoms with Gasteiger partial charge in [-0.15, -0.1) is 0 Å². The van der Waals surface area contributed by atoms with Crippen molar-refractivity contribution in [2.45, 2.75) is 19.4 Å². The highest BCUT2D eigenvalue weighted by Gasteiger charge is 2.24. The number of hydrogen-bond donors (Lipinski definition) is 1. The summed E-state index contributed by atoms with van der Waals surface area (Å²) >= 11 is 0. The van der Waals surface area contributed by atoms with E-state index in [-0.39, 0.29) is 17.4 Å². The van der Waals surface area contributed by atoms with Crippen molar-refractivity contribution in [3.8, 4) is 6.07 Å². The number of anilines is 1. The molecule has 0 aromatic heterocycles. The van der Waals surface area contributed by atoms with E-state index in [0.29, 0.717) is 17.7 Å². The van der Waals surface area contributed by atoms with Crippen LogP contribution in [-0.4, -0.2) is 17.1 Å². The second-order valence-electron chi connectivity index (χ2n) is 3.94. The summed E-state index contributed by atoms with van der Waals surface area (Å²) in [6.07, 6.45) is -0.640. The number of nitriles is 1. The summed E-state index contributed by atoms with van der Waals surface area (Å²) in [5.41, 5.74) is 0.610. The van der Waals surface area contributed by atoms with E-state index in [4.69, 9.17) is 10.00 Å². The summed E-state index contributed by atoms with van der Waals surface area (Å²) in [5, 5.41) is 22.2. The van der Waals surface area contributed by atoms with Gasteiger partial charge in [0.2, 0.25) is 0 Å². The molecule has 0 saturated carbocycles. The lowest BCUT2D eigenvalue weighted by Crippen LogP contribution is -2.17. The number of nitro benzene ring substituents is 1. The molecule has 1 aromatic carbocycles. The van der Waals surface area contributed by atoms with E-state index in [1.165, 1.54) is 12.1 Å². The lowest BCUT2D eigenvalue weighted by molar-refractivity contribution is -0.385. The Kier molecular flexibility index (Phi) is 2.85. The first-order valence-electron chi connectivity index (χ1n) is 5.20. The van der Waals surface area contributed by atoms with Gasteiger partial charge >= 0.3 is 6.09 Å². The molecular weight excluding hydrogens is 238 g/mol. The summed E-state index contributed by atoms with van der Waals surface area (Å²) in [4.78, 5) is 21.5. The Bertz CT molecular complexity index is 576. The molecule has 1 amide bonds. The first-order chi connectivity index (χ1) is 8.51. The number of carbonyl (C=O) groups excluding carboxylic acids is 1. The van der Waals surface area contributed by atoms with Crippen LogP contribution in [0, 0.1) is 21.4 Å². The molecule has 7 nitrogen and oxygen atoms in total. The molecule has 1 atom stereocenters. The van der Waals surface area contributed by atoms with E-state index < -0.39 is 11.0 Å². The third-order valence-electron chi connectivity index (χ3n) is 2.59. The number of ether oxygens (including phenoxy) is 1. The number of fused-ring (bicyclic) bond motifs is 1. The van der Waals surface area contributed by atoms with Crippen molar-refractivity contribution >= 4 is 17.5 Å². The molecule has 1 aliphatic heterocycles. The van der Waals surface area contributed by atoms with Gasteiger partial charge in [0.05, 0.1) is 4.92 Å². The van der Waals surface area contributed by atoms with E-state index >= 15 is 0 Å². The summed E-state index contributed by atoms with van der Waals surface area (Å²) in [6, 6.07) is 4.34. The van der Waals surface area contributed by atoms with Crippen LogP contribution in [0.15, 0.2) is 12.1 Å². The number of nitrogens with zero attached hydrogens (tertiary/aromatic N) is 2. The van der Waals surface area contributed by atoms with Gasteiger partial charge in [0, 0.05) is 18.2 Å². The Labute approximate surface area is 102 Å². The zero-order valence-corrected chi connectivity index (χ0v) is 9.47. The molecule has 1 aromatic rings. The molecule has 18 heavy (non-hydrogen) atoms. The van der Waals surface area contributed by atoms with Crippen molar-refractivity contribution in [3.63, 3.8) is 0 Å². The van der Waals surface area contributed by atoms with Gasteiger partial charge in [-0.05, 0) is 18.6 Å². The van der Waals surface area contributed by atoms with Gasteiger partial charge in [0.15, 0.2) is 0 Å². The molecule has 1 aliphatic rings. The first-order valence-corrected chi connectivity index (χ1v) is 5.20. The fraction of sp³-hybridized carbons (Fsp3) is 0.273. The molecule has 0 aliphatic carbocycles. The Morgan fingerprint density at radius 3 is 2.94 bits per heavy atom. The monoisotopic (exact) mass is 247 g/mol. The van der Waals surface area contributed by atoms with Crippen LogP contribution in [0.5, 0.6) is 0 Å². The SMILES string of the molecule is CC1Cc2cc([N+](=O)[O-])c(C#N)cc2NC(=O)O1. The van der Waals surface area contributed by atoms with Crippen molar-refractivity contribution in [2.75, 3.05) is 5.32 Å². The largest absolute Gasteiger partial charge is 0.446 e.